The fourth-order valence-electron chi connectivity index (χ4n) is 2.76. The maximum absolute atomic E-state index is 5.38. The number of anilines is 1. The first kappa shape index (κ1) is 9.04. The Morgan fingerprint density at radius 2 is 2.20 bits per heavy atom. The average Bonchev–Trinajstić information content (AvgIpc) is 2.76. The number of para-hydroxylation sites is 1. The van der Waals surface area contributed by atoms with Gasteiger partial charge in [0.2, 0.25) is 0 Å². The van der Waals surface area contributed by atoms with Gasteiger partial charge in [-0.2, -0.15) is 0 Å². The normalized spacial score (nSPS) is 27.8. The summed E-state index contributed by atoms with van der Waals surface area (Å²) in [7, 11) is 1.73. The van der Waals surface area contributed by atoms with Gasteiger partial charge in [0.1, 0.15) is 5.75 Å². The number of ether oxygens (including phenoxy) is 1. The Balaban J connectivity index is 2.07. The standard InChI is InChI=1S/C12H16N2O/c1-15-11-4-2-3-9-10-7-13-5-8(10)6-14-12(9)11/h2-4,8,10,13-14H,5-7H2,1H3/t8-,10-/m0/s1. The zero-order valence-corrected chi connectivity index (χ0v) is 8.92. The average molecular weight is 204 g/mol. The van der Waals surface area contributed by atoms with Crippen molar-refractivity contribution in [2.45, 2.75) is 5.92 Å². The molecule has 0 spiro atoms. The molecule has 0 unspecified atom stereocenters. The molecule has 2 aliphatic heterocycles. The molecule has 0 aliphatic carbocycles. The highest BCUT2D eigenvalue weighted by molar-refractivity contribution is 5.65. The zero-order valence-electron chi connectivity index (χ0n) is 8.92. The molecule has 1 fully saturated rings. The van der Waals surface area contributed by atoms with E-state index < -0.39 is 0 Å². The van der Waals surface area contributed by atoms with E-state index in [9.17, 15) is 0 Å². The minimum Gasteiger partial charge on any atom is -0.495 e. The van der Waals surface area contributed by atoms with Gasteiger partial charge >= 0.3 is 0 Å². The molecule has 1 aromatic carbocycles. The molecule has 2 N–H and O–H groups in total. The predicted molar refractivity (Wildman–Crippen MR) is 60.6 cm³/mol. The molecule has 1 saturated heterocycles. The summed E-state index contributed by atoms with van der Waals surface area (Å²) in [5.74, 6) is 2.37. The monoisotopic (exact) mass is 204 g/mol. The summed E-state index contributed by atoms with van der Waals surface area (Å²) in [4.78, 5) is 0. The second-order valence-electron chi connectivity index (χ2n) is 4.33. The molecule has 0 aromatic heterocycles. The molecule has 0 radical (unpaired) electrons. The van der Waals surface area contributed by atoms with E-state index in [4.69, 9.17) is 4.74 Å². The Morgan fingerprint density at radius 1 is 1.27 bits per heavy atom. The van der Waals surface area contributed by atoms with Crippen molar-refractivity contribution in [3.63, 3.8) is 0 Å². The van der Waals surface area contributed by atoms with Crippen LogP contribution in [0.15, 0.2) is 18.2 Å². The van der Waals surface area contributed by atoms with Crippen molar-refractivity contribution in [1.29, 1.82) is 0 Å². The van der Waals surface area contributed by atoms with Gasteiger partial charge in [-0.3, -0.25) is 0 Å². The summed E-state index contributed by atoms with van der Waals surface area (Å²) >= 11 is 0. The van der Waals surface area contributed by atoms with Crippen molar-refractivity contribution >= 4 is 5.69 Å². The SMILES string of the molecule is COc1cccc2c1NC[C@@H]1CNC[C@H]21. The van der Waals surface area contributed by atoms with Crippen LogP contribution in [-0.2, 0) is 0 Å². The largest absolute Gasteiger partial charge is 0.495 e. The van der Waals surface area contributed by atoms with E-state index in [1.54, 1.807) is 7.11 Å². The van der Waals surface area contributed by atoms with Crippen LogP contribution in [0, 0.1) is 5.92 Å². The van der Waals surface area contributed by atoms with Crippen LogP contribution in [-0.4, -0.2) is 26.7 Å². The topological polar surface area (TPSA) is 33.3 Å². The van der Waals surface area contributed by atoms with Crippen molar-refractivity contribution in [1.82, 2.24) is 5.32 Å². The van der Waals surface area contributed by atoms with Crippen LogP contribution in [0.4, 0.5) is 5.69 Å². The van der Waals surface area contributed by atoms with E-state index in [0.717, 1.165) is 31.3 Å². The molecular weight excluding hydrogens is 188 g/mol. The third kappa shape index (κ3) is 1.30. The van der Waals surface area contributed by atoms with E-state index in [1.165, 1.54) is 11.3 Å². The lowest BCUT2D eigenvalue weighted by atomic mass is 9.84. The number of nitrogens with one attached hydrogen (secondary N) is 2. The van der Waals surface area contributed by atoms with Crippen LogP contribution in [0.2, 0.25) is 0 Å². The van der Waals surface area contributed by atoms with E-state index in [2.05, 4.69) is 22.8 Å². The van der Waals surface area contributed by atoms with Crippen LogP contribution < -0.4 is 15.4 Å². The summed E-state index contributed by atoms with van der Waals surface area (Å²) < 4.78 is 5.38. The fourth-order valence-corrected chi connectivity index (χ4v) is 2.76. The number of hydrogen-bond acceptors (Lipinski definition) is 3. The summed E-state index contributed by atoms with van der Waals surface area (Å²) in [5.41, 5.74) is 2.61. The van der Waals surface area contributed by atoms with Gasteiger partial charge in [-0.1, -0.05) is 12.1 Å². The van der Waals surface area contributed by atoms with Crippen LogP contribution in [0.3, 0.4) is 0 Å². The lowest BCUT2D eigenvalue weighted by Crippen LogP contribution is -2.27. The van der Waals surface area contributed by atoms with E-state index in [0.29, 0.717) is 5.92 Å². The van der Waals surface area contributed by atoms with Gasteiger partial charge in [0, 0.05) is 25.6 Å². The van der Waals surface area contributed by atoms with Gasteiger partial charge in [-0.25, -0.2) is 0 Å². The van der Waals surface area contributed by atoms with Gasteiger partial charge in [0.25, 0.3) is 0 Å². The minimum absolute atomic E-state index is 0.663. The first-order chi connectivity index (χ1) is 7.40. The lowest BCUT2D eigenvalue weighted by molar-refractivity contribution is 0.412. The summed E-state index contributed by atoms with van der Waals surface area (Å²) in [5, 5.41) is 6.95. The van der Waals surface area contributed by atoms with Crippen molar-refractivity contribution in [2.24, 2.45) is 5.92 Å². The summed E-state index contributed by atoms with van der Waals surface area (Å²) in [6.07, 6.45) is 0. The predicted octanol–water partition coefficient (Wildman–Crippen LogP) is 1.42. The maximum Gasteiger partial charge on any atom is 0.142 e. The second-order valence-corrected chi connectivity index (χ2v) is 4.33. The summed E-state index contributed by atoms with van der Waals surface area (Å²) in [6.45, 7) is 3.30. The van der Waals surface area contributed by atoms with Crippen LogP contribution in [0.5, 0.6) is 5.75 Å². The minimum atomic E-state index is 0.663. The molecule has 3 rings (SSSR count). The number of fused-ring (bicyclic) bond motifs is 3. The Bertz CT molecular complexity index is 378. The molecule has 15 heavy (non-hydrogen) atoms. The molecule has 0 bridgehead atoms. The molecule has 80 valence electrons. The number of benzene rings is 1. The Labute approximate surface area is 89.8 Å². The first-order valence-electron chi connectivity index (χ1n) is 5.51. The molecule has 3 nitrogen and oxygen atoms in total. The van der Waals surface area contributed by atoms with Crippen molar-refractivity contribution in [2.75, 3.05) is 32.1 Å². The molecular formula is C12H16N2O. The van der Waals surface area contributed by atoms with Gasteiger partial charge in [0.15, 0.2) is 0 Å². The van der Waals surface area contributed by atoms with Crippen LogP contribution >= 0.6 is 0 Å². The number of rotatable bonds is 1. The number of hydrogen-bond donors (Lipinski definition) is 2. The van der Waals surface area contributed by atoms with Crippen molar-refractivity contribution < 1.29 is 4.74 Å². The molecule has 0 amide bonds. The number of methoxy groups -OCH3 is 1. The van der Waals surface area contributed by atoms with Gasteiger partial charge in [0.05, 0.1) is 12.8 Å². The highest BCUT2D eigenvalue weighted by Gasteiger charge is 2.34. The zero-order chi connectivity index (χ0) is 10.3. The van der Waals surface area contributed by atoms with Gasteiger partial charge in [-0.15, -0.1) is 0 Å². The smallest absolute Gasteiger partial charge is 0.142 e. The maximum atomic E-state index is 5.38. The van der Waals surface area contributed by atoms with Crippen LogP contribution in [0.25, 0.3) is 0 Å². The lowest BCUT2D eigenvalue weighted by Gasteiger charge is -2.29. The van der Waals surface area contributed by atoms with Crippen LogP contribution in [0.1, 0.15) is 11.5 Å². The Kier molecular flexibility index (Phi) is 2.06. The third-order valence-electron chi connectivity index (χ3n) is 3.56. The van der Waals surface area contributed by atoms with E-state index in [-0.39, 0.29) is 0 Å². The third-order valence-corrected chi connectivity index (χ3v) is 3.56. The molecule has 3 heteroatoms. The summed E-state index contributed by atoms with van der Waals surface area (Å²) in [6, 6.07) is 6.32. The van der Waals surface area contributed by atoms with Crippen molar-refractivity contribution in [3.8, 4) is 5.75 Å². The highest BCUT2D eigenvalue weighted by atomic mass is 16.5. The molecule has 2 atom stereocenters. The first-order valence-corrected chi connectivity index (χ1v) is 5.51. The van der Waals surface area contributed by atoms with Gasteiger partial charge < -0.3 is 15.4 Å². The highest BCUT2D eigenvalue weighted by Crippen LogP contribution is 2.41. The fraction of sp³-hybridized carbons (Fsp3) is 0.500. The van der Waals surface area contributed by atoms with Gasteiger partial charge in [-0.05, 0) is 17.5 Å². The molecule has 2 aliphatic rings. The van der Waals surface area contributed by atoms with E-state index in [1.807, 2.05) is 6.07 Å². The molecule has 2 heterocycles. The van der Waals surface area contributed by atoms with E-state index >= 15 is 0 Å². The molecule has 1 aromatic rings. The second kappa shape index (κ2) is 3.42. The quantitative estimate of drug-likeness (QED) is 0.726. The Hall–Kier alpha value is -1.22. The Morgan fingerprint density at radius 3 is 3.07 bits per heavy atom. The molecule has 0 saturated carbocycles. The van der Waals surface area contributed by atoms with Crippen molar-refractivity contribution in [3.05, 3.63) is 23.8 Å².